The van der Waals surface area contributed by atoms with Crippen molar-refractivity contribution in [1.29, 1.82) is 0 Å². The Morgan fingerprint density at radius 3 is 2.43 bits per heavy atom. The Bertz CT molecular complexity index is 476. The van der Waals surface area contributed by atoms with Crippen molar-refractivity contribution in [2.75, 3.05) is 7.05 Å². The van der Waals surface area contributed by atoms with Crippen molar-refractivity contribution >= 4 is 5.91 Å². The molecule has 2 rings (SSSR count). The van der Waals surface area contributed by atoms with Gasteiger partial charge in [0.1, 0.15) is 5.75 Å². The summed E-state index contributed by atoms with van der Waals surface area (Å²) in [5.41, 5.74) is 0.497. The molecule has 1 amide bonds. The second kappa shape index (κ2) is 6.87. The van der Waals surface area contributed by atoms with Crippen molar-refractivity contribution in [1.82, 2.24) is 4.90 Å². The summed E-state index contributed by atoms with van der Waals surface area (Å²) >= 11 is 0. The van der Waals surface area contributed by atoms with Crippen LogP contribution in [0.4, 0.5) is 8.78 Å². The standard InChI is InChI=1S/C16H21F2NO2/c1-11-5-3-4-6-14(11)19(2)15(20)12-7-9-13(10-8-12)21-16(17)18/h7-11,14,16H,3-6H2,1-2H3. The van der Waals surface area contributed by atoms with Gasteiger partial charge in [-0.15, -0.1) is 0 Å². The highest BCUT2D eigenvalue weighted by molar-refractivity contribution is 5.94. The van der Waals surface area contributed by atoms with Crippen molar-refractivity contribution < 1.29 is 18.3 Å². The number of hydrogen-bond donors (Lipinski definition) is 0. The first-order chi connectivity index (χ1) is 9.99. The van der Waals surface area contributed by atoms with Crippen LogP contribution in [0.15, 0.2) is 24.3 Å². The molecule has 0 aliphatic heterocycles. The summed E-state index contributed by atoms with van der Waals surface area (Å²) in [5.74, 6) is 0.488. The van der Waals surface area contributed by atoms with Crippen LogP contribution in [0.25, 0.3) is 0 Å². The fourth-order valence-corrected chi connectivity index (χ4v) is 3.01. The SMILES string of the molecule is CC1CCCCC1N(C)C(=O)c1ccc(OC(F)F)cc1. The number of rotatable bonds is 4. The summed E-state index contributed by atoms with van der Waals surface area (Å²) in [6, 6.07) is 6.12. The predicted octanol–water partition coefficient (Wildman–Crippen LogP) is 3.94. The lowest BCUT2D eigenvalue weighted by Gasteiger charge is -2.36. The first-order valence-electron chi connectivity index (χ1n) is 7.31. The van der Waals surface area contributed by atoms with Crippen LogP contribution in [-0.2, 0) is 0 Å². The molecule has 2 unspecified atom stereocenters. The molecule has 0 bridgehead atoms. The molecule has 0 heterocycles. The van der Waals surface area contributed by atoms with Gasteiger partial charge in [0.15, 0.2) is 0 Å². The number of amides is 1. The second-order valence-corrected chi connectivity index (χ2v) is 5.65. The van der Waals surface area contributed by atoms with Crippen molar-refractivity contribution in [3.05, 3.63) is 29.8 Å². The molecule has 1 aromatic rings. The third kappa shape index (κ3) is 3.93. The highest BCUT2D eigenvalue weighted by Crippen LogP contribution is 2.28. The molecule has 3 nitrogen and oxygen atoms in total. The Hall–Kier alpha value is -1.65. The van der Waals surface area contributed by atoms with E-state index in [4.69, 9.17) is 0 Å². The molecule has 0 spiro atoms. The number of ether oxygens (including phenoxy) is 1. The molecular weight excluding hydrogens is 276 g/mol. The zero-order valence-electron chi connectivity index (χ0n) is 12.4. The molecule has 1 saturated carbocycles. The average Bonchev–Trinajstić information content (AvgIpc) is 2.46. The van der Waals surface area contributed by atoms with Gasteiger partial charge in [-0.3, -0.25) is 4.79 Å². The molecule has 0 aromatic heterocycles. The van der Waals surface area contributed by atoms with E-state index in [2.05, 4.69) is 11.7 Å². The Kier molecular flexibility index (Phi) is 5.15. The van der Waals surface area contributed by atoms with Crippen LogP contribution in [0.2, 0.25) is 0 Å². The Labute approximate surface area is 123 Å². The highest BCUT2D eigenvalue weighted by atomic mass is 19.3. The van der Waals surface area contributed by atoms with E-state index in [1.807, 2.05) is 7.05 Å². The molecule has 1 aliphatic carbocycles. The van der Waals surface area contributed by atoms with E-state index in [0.29, 0.717) is 11.5 Å². The molecule has 1 aliphatic rings. The minimum absolute atomic E-state index is 0.0650. The monoisotopic (exact) mass is 297 g/mol. The van der Waals surface area contributed by atoms with Gasteiger partial charge in [-0.1, -0.05) is 19.8 Å². The number of benzene rings is 1. The maximum Gasteiger partial charge on any atom is 0.387 e. The summed E-state index contributed by atoms with van der Waals surface area (Å²) in [4.78, 5) is 14.2. The van der Waals surface area contributed by atoms with Gasteiger partial charge in [-0.2, -0.15) is 8.78 Å². The van der Waals surface area contributed by atoms with Gasteiger partial charge in [0.05, 0.1) is 0 Å². The molecule has 21 heavy (non-hydrogen) atoms. The third-order valence-electron chi connectivity index (χ3n) is 4.21. The lowest BCUT2D eigenvalue weighted by atomic mass is 9.85. The Morgan fingerprint density at radius 1 is 1.24 bits per heavy atom. The van der Waals surface area contributed by atoms with Crippen molar-refractivity contribution in [2.24, 2.45) is 5.92 Å². The summed E-state index contributed by atoms with van der Waals surface area (Å²) in [7, 11) is 1.82. The normalized spacial score (nSPS) is 22.1. The molecule has 0 saturated heterocycles. The van der Waals surface area contributed by atoms with Gasteiger partial charge >= 0.3 is 6.61 Å². The fraction of sp³-hybridized carbons (Fsp3) is 0.562. The van der Waals surface area contributed by atoms with Gasteiger partial charge in [0.2, 0.25) is 0 Å². The lowest BCUT2D eigenvalue weighted by Crippen LogP contribution is -2.42. The maximum atomic E-state index is 12.5. The molecule has 0 radical (unpaired) electrons. The smallest absolute Gasteiger partial charge is 0.387 e. The molecule has 1 aromatic carbocycles. The largest absolute Gasteiger partial charge is 0.435 e. The zero-order valence-corrected chi connectivity index (χ0v) is 12.4. The number of carbonyl (C=O) groups is 1. The zero-order chi connectivity index (χ0) is 15.4. The number of carbonyl (C=O) groups excluding carboxylic acids is 1. The fourth-order valence-electron chi connectivity index (χ4n) is 3.01. The molecule has 2 atom stereocenters. The third-order valence-corrected chi connectivity index (χ3v) is 4.21. The van der Waals surface area contributed by atoms with Crippen LogP contribution < -0.4 is 4.74 Å². The topological polar surface area (TPSA) is 29.5 Å². The van der Waals surface area contributed by atoms with Gasteiger partial charge in [0, 0.05) is 18.7 Å². The van der Waals surface area contributed by atoms with Crippen LogP contribution in [0.1, 0.15) is 43.0 Å². The van der Waals surface area contributed by atoms with E-state index in [1.54, 1.807) is 4.90 Å². The average molecular weight is 297 g/mol. The van der Waals surface area contributed by atoms with Crippen LogP contribution >= 0.6 is 0 Å². The van der Waals surface area contributed by atoms with E-state index in [-0.39, 0.29) is 17.7 Å². The molecule has 5 heteroatoms. The van der Waals surface area contributed by atoms with Crippen LogP contribution in [0.5, 0.6) is 5.75 Å². The minimum Gasteiger partial charge on any atom is -0.435 e. The summed E-state index contributed by atoms with van der Waals surface area (Å²) in [6.07, 6.45) is 4.53. The number of nitrogens with zero attached hydrogens (tertiary/aromatic N) is 1. The lowest BCUT2D eigenvalue weighted by molar-refractivity contribution is -0.0498. The Balaban J connectivity index is 2.04. The first kappa shape index (κ1) is 15.7. The van der Waals surface area contributed by atoms with E-state index in [9.17, 15) is 13.6 Å². The van der Waals surface area contributed by atoms with E-state index < -0.39 is 6.61 Å². The predicted molar refractivity (Wildman–Crippen MR) is 76.6 cm³/mol. The van der Waals surface area contributed by atoms with Gasteiger partial charge < -0.3 is 9.64 Å². The van der Waals surface area contributed by atoms with Crippen LogP contribution in [0, 0.1) is 5.92 Å². The molecule has 1 fully saturated rings. The highest BCUT2D eigenvalue weighted by Gasteiger charge is 2.28. The van der Waals surface area contributed by atoms with Crippen molar-refractivity contribution in [2.45, 2.75) is 45.3 Å². The minimum atomic E-state index is -2.85. The van der Waals surface area contributed by atoms with Crippen LogP contribution in [0.3, 0.4) is 0 Å². The van der Waals surface area contributed by atoms with Crippen molar-refractivity contribution in [3.63, 3.8) is 0 Å². The van der Waals surface area contributed by atoms with Gasteiger partial charge in [-0.05, 0) is 43.0 Å². The second-order valence-electron chi connectivity index (χ2n) is 5.65. The van der Waals surface area contributed by atoms with E-state index in [1.165, 1.54) is 30.7 Å². The Morgan fingerprint density at radius 2 is 1.86 bits per heavy atom. The molecular formula is C16H21F2NO2. The van der Waals surface area contributed by atoms with Gasteiger partial charge in [0.25, 0.3) is 5.91 Å². The number of halogens is 2. The quantitative estimate of drug-likeness (QED) is 0.842. The maximum absolute atomic E-state index is 12.5. The van der Waals surface area contributed by atoms with E-state index in [0.717, 1.165) is 19.3 Å². The summed E-state index contributed by atoms with van der Waals surface area (Å²) in [6.45, 7) is -0.676. The van der Waals surface area contributed by atoms with Crippen molar-refractivity contribution in [3.8, 4) is 5.75 Å². The molecule has 0 N–H and O–H groups in total. The van der Waals surface area contributed by atoms with Gasteiger partial charge in [-0.25, -0.2) is 0 Å². The summed E-state index contributed by atoms with van der Waals surface area (Å²) < 4.78 is 28.5. The molecule has 116 valence electrons. The van der Waals surface area contributed by atoms with E-state index >= 15 is 0 Å². The van der Waals surface area contributed by atoms with Crippen LogP contribution in [-0.4, -0.2) is 30.5 Å². The summed E-state index contributed by atoms with van der Waals surface area (Å²) in [5, 5.41) is 0. The number of alkyl halides is 2. The first-order valence-corrected chi connectivity index (χ1v) is 7.31. The number of hydrogen-bond acceptors (Lipinski definition) is 2.